The summed E-state index contributed by atoms with van der Waals surface area (Å²) >= 11 is 0. The lowest BCUT2D eigenvalue weighted by molar-refractivity contribution is -0.148. The number of nitrogens with one attached hydrogen (secondary N) is 1. The van der Waals surface area contributed by atoms with E-state index in [1.807, 2.05) is 0 Å². The quantitative estimate of drug-likeness (QED) is 0.603. The molecular weight excluding hydrogens is 182 g/mol. The standard InChI is InChI=1S/C10H19NO3/c1-14-8-3-2-7-11-10(9(12)13)5-4-6-10/h11H,2-8H2,1H3,(H,12,13). The van der Waals surface area contributed by atoms with E-state index in [0.717, 1.165) is 45.3 Å². The number of hydrogen-bond donors (Lipinski definition) is 2. The Morgan fingerprint density at radius 2 is 2.21 bits per heavy atom. The fourth-order valence-electron chi connectivity index (χ4n) is 1.70. The van der Waals surface area contributed by atoms with E-state index in [1.165, 1.54) is 0 Å². The van der Waals surface area contributed by atoms with Crippen LogP contribution in [0.4, 0.5) is 0 Å². The lowest BCUT2D eigenvalue weighted by Gasteiger charge is -2.38. The normalized spacial score (nSPS) is 18.9. The summed E-state index contributed by atoms with van der Waals surface area (Å²) in [5.41, 5.74) is -0.604. The van der Waals surface area contributed by atoms with E-state index < -0.39 is 11.5 Å². The number of carboxylic acid groups (broad SMARTS) is 1. The molecule has 1 aliphatic rings. The van der Waals surface area contributed by atoms with Gasteiger partial charge in [0.25, 0.3) is 0 Å². The van der Waals surface area contributed by atoms with Crippen molar-refractivity contribution in [3.8, 4) is 0 Å². The fraction of sp³-hybridized carbons (Fsp3) is 0.900. The Morgan fingerprint density at radius 1 is 1.50 bits per heavy atom. The highest BCUT2D eigenvalue weighted by atomic mass is 16.5. The largest absolute Gasteiger partial charge is 0.480 e. The van der Waals surface area contributed by atoms with Crippen LogP contribution in [0.15, 0.2) is 0 Å². The van der Waals surface area contributed by atoms with Gasteiger partial charge < -0.3 is 15.2 Å². The number of carboxylic acids is 1. The fourth-order valence-corrected chi connectivity index (χ4v) is 1.70. The molecular formula is C10H19NO3. The average molecular weight is 201 g/mol. The van der Waals surface area contributed by atoms with Gasteiger partial charge in [-0.05, 0) is 38.6 Å². The molecule has 0 heterocycles. The molecule has 0 aromatic heterocycles. The summed E-state index contributed by atoms with van der Waals surface area (Å²) in [7, 11) is 1.68. The van der Waals surface area contributed by atoms with E-state index in [2.05, 4.69) is 5.32 Å². The minimum atomic E-state index is -0.699. The summed E-state index contributed by atoms with van der Waals surface area (Å²) in [6.07, 6.45) is 4.53. The lowest BCUT2D eigenvalue weighted by Crippen LogP contribution is -2.57. The monoisotopic (exact) mass is 201 g/mol. The topological polar surface area (TPSA) is 58.6 Å². The summed E-state index contributed by atoms with van der Waals surface area (Å²) in [6, 6.07) is 0. The number of ether oxygens (including phenoxy) is 1. The number of carbonyl (C=O) groups is 1. The number of methoxy groups -OCH3 is 1. The molecule has 2 N–H and O–H groups in total. The summed E-state index contributed by atoms with van der Waals surface area (Å²) in [6.45, 7) is 1.53. The molecule has 0 aromatic carbocycles. The SMILES string of the molecule is COCCCCNC1(C(=O)O)CCC1. The van der Waals surface area contributed by atoms with E-state index in [-0.39, 0.29) is 0 Å². The molecule has 0 spiro atoms. The van der Waals surface area contributed by atoms with Crippen molar-refractivity contribution in [3.05, 3.63) is 0 Å². The van der Waals surface area contributed by atoms with Gasteiger partial charge in [-0.2, -0.15) is 0 Å². The number of hydrogen-bond acceptors (Lipinski definition) is 3. The van der Waals surface area contributed by atoms with Crippen molar-refractivity contribution >= 4 is 5.97 Å². The molecule has 4 heteroatoms. The van der Waals surface area contributed by atoms with Gasteiger partial charge in [-0.25, -0.2) is 0 Å². The molecule has 0 radical (unpaired) electrons. The molecule has 1 aliphatic carbocycles. The van der Waals surface area contributed by atoms with Gasteiger partial charge in [0.05, 0.1) is 0 Å². The number of unbranched alkanes of at least 4 members (excludes halogenated alkanes) is 1. The summed E-state index contributed by atoms with van der Waals surface area (Å²) in [5.74, 6) is -0.699. The van der Waals surface area contributed by atoms with Crippen LogP contribution in [0.25, 0.3) is 0 Å². The predicted molar refractivity (Wildman–Crippen MR) is 53.3 cm³/mol. The van der Waals surface area contributed by atoms with E-state index in [0.29, 0.717) is 0 Å². The van der Waals surface area contributed by atoms with Crippen LogP contribution in [0.2, 0.25) is 0 Å². The summed E-state index contributed by atoms with van der Waals surface area (Å²) in [5, 5.41) is 12.1. The highest BCUT2D eigenvalue weighted by Gasteiger charge is 2.43. The van der Waals surface area contributed by atoms with Gasteiger partial charge in [0.1, 0.15) is 5.54 Å². The molecule has 14 heavy (non-hydrogen) atoms. The van der Waals surface area contributed by atoms with E-state index in [1.54, 1.807) is 7.11 Å². The Labute approximate surface area is 84.6 Å². The Balaban J connectivity index is 2.12. The molecule has 4 nitrogen and oxygen atoms in total. The van der Waals surface area contributed by atoms with Crippen LogP contribution in [-0.4, -0.2) is 36.9 Å². The van der Waals surface area contributed by atoms with Crippen LogP contribution in [0.3, 0.4) is 0 Å². The van der Waals surface area contributed by atoms with E-state index in [4.69, 9.17) is 9.84 Å². The molecule has 0 aliphatic heterocycles. The third kappa shape index (κ3) is 2.69. The van der Waals surface area contributed by atoms with Gasteiger partial charge in [0, 0.05) is 13.7 Å². The molecule has 1 rings (SSSR count). The van der Waals surface area contributed by atoms with E-state index in [9.17, 15) is 4.79 Å². The van der Waals surface area contributed by atoms with Crippen LogP contribution < -0.4 is 5.32 Å². The van der Waals surface area contributed by atoms with Crippen molar-refractivity contribution in [1.82, 2.24) is 5.32 Å². The molecule has 0 saturated heterocycles. The maximum absolute atomic E-state index is 10.9. The Bertz CT molecular complexity index is 190. The zero-order valence-electron chi connectivity index (χ0n) is 8.71. The molecule has 1 saturated carbocycles. The Hall–Kier alpha value is -0.610. The van der Waals surface area contributed by atoms with Crippen LogP contribution >= 0.6 is 0 Å². The molecule has 82 valence electrons. The summed E-state index contributed by atoms with van der Waals surface area (Å²) < 4.78 is 4.92. The van der Waals surface area contributed by atoms with Crippen LogP contribution in [0.5, 0.6) is 0 Å². The first-order chi connectivity index (χ1) is 6.71. The number of aliphatic carboxylic acids is 1. The molecule has 0 aromatic rings. The van der Waals surface area contributed by atoms with Crippen molar-refractivity contribution in [2.75, 3.05) is 20.3 Å². The molecule has 0 amide bonds. The van der Waals surface area contributed by atoms with Crippen LogP contribution in [-0.2, 0) is 9.53 Å². The molecule has 0 unspecified atom stereocenters. The Morgan fingerprint density at radius 3 is 2.64 bits per heavy atom. The highest BCUT2D eigenvalue weighted by Crippen LogP contribution is 2.31. The van der Waals surface area contributed by atoms with Crippen molar-refractivity contribution < 1.29 is 14.6 Å². The molecule has 0 bridgehead atoms. The zero-order chi connectivity index (χ0) is 10.4. The van der Waals surface area contributed by atoms with Gasteiger partial charge in [0.15, 0.2) is 0 Å². The van der Waals surface area contributed by atoms with Crippen LogP contribution in [0.1, 0.15) is 32.1 Å². The second kappa shape index (κ2) is 5.32. The van der Waals surface area contributed by atoms with Gasteiger partial charge in [-0.3, -0.25) is 4.79 Å². The van der Waals surface area contributed by atoms with Crippen LogP contribution in [0, 0.1) is 0 Å². The first-order valence-corrected chi connectivity index (χ1v) is 5.19. The highest BCUT2D eigenvalue weighted by molar-refractivity contribution is 5.79. The minimum absolute atomic E-state index is 0.604. The molecule has 0 atom stereocenters. The average Bonchev–Trinajstić information content (AvgIpc) is 2.07. The van der Waals surface area contributed by atoms with Gasteiger partial charge in [-0.1, -0.05) is 0 Å². The second-order valence-electron chi connectivity index (χ2n) is 3.87. The second-order valence-corrected chi connectivity index (χ2v) is 3.87. The third-order valence-corrected chi connectivity index (χ3v) is 2.86. The number of rotatable bonds is 7. The summed E-state index contributed by atoms with van der Waals surface area (Å²) in [4.78, 5) is 10.9. The van der Waals surface area contributed by atoms with Crippen molar-refractivity contribution in [2.24, 2.45) is 0 Å². The first-order valence-electron chi connectivity index (χ1n) is 5.19. The molecule has 1 fully saturated rings. The Kier molecular flexibility index (Phi) is 4.35. The lowest BCUT2D eigenvalue weighted by atomic mass is 9.77. The first kappa shape index (κ1) is 11.5. The van der Waals surface area contributed by atoms with Gasteiger partial charge >= 0.3 is 5.97 Å². The predicted octanol–water partition coefficient (Wildman–Crippen LogP) is 1.01. The minimum Gasteiger partial charge on any atom is -0.480 e. The van der Waals surface area contributed by atoms with Crippen molar-refractivity contribution in [3.63, 3.8) is 0 Å². The van der Waals surface area contributed by atoms with Crippen molar-refractivity contribution in [1.29, 1.82) is 0 Å². The third-order valence-electron chi connectivity index (χ3n) is 2.86. The maximum Gasteiger partial charge on any atom is 0.323 e. The smallest absolute Gasteiger partial charge is 0.323 e. The maximum atomic E-state index is 10.9. The zero-order valence-corrected chi connectivity index (χ0v) is 8.71. The van der Waals surface area contributed by atoms with Gasteiger partial charge in [0.2, 0.25) is 0 Å². The van der Waals surface area contributed by atoms with Crippen molar-refractivity contribution in [2.45, 2.75) is 37.6 Å². The van der Waals surface area contributed by atoms with E-state index >= 15 is 0 Å². The van der Waals surface area contributed by atoms with Gasteiger partial charge in [-0.15, -0.1) is 0 Å².